The van der Waals surface area contributed by atoms with Crippen molar-refractivity contribution in [1.82, 2.24) is 10.2 Å². The highest BCUT2D eigenvalue weighted by atomic mass is 35.5. The molecule has 132 valence electrons. The summed E-state index contributed by atoms with van der Waals surface area (Å²) in [6.07, 6.45) is 5.69. The van der Waals surface area contributed by atoms with Gasteiger partial charge in [0.05, 0.1) is 11.8 Å². The lowest BCUT2D eigenvalue weighted by molar-refractivity contribution is -0.147. The number of likely N-dealkylation sites (tertiary alicyclic amines) is 1. The van der Waals surface area contributed by atoms with Gasteiger partial charge in [0.2, 0.25) is 17.7 Å². The number of amides is 3. The van der Waals surface area contributed by atoms with E-state index >= 15 is 0 Å². The molecular formula is C19H21ClN2O3. The SMILES string of the molecule is C[C@@H](C(=O)NCCc1ccc(Cl)cc1)N1C(=O)C2CC=CCC2C1=O. The van der Waals surface area contributed by atoms with E-state index in [9.17, 15) is 14.4 Å². The van der Waals surface area contributed by atoms with Gasteiger partial charge in [-0.2, -0.15) is 0 Å². The smallest absolute Gasteiger partial charge is 0.243 e. The monoisotopic (exact) mass is 360 g/mol. The Morgan fingerprint density at radius 3 is 2.28 bits per heavy atom. The molecule has 2 unspecified atom stereocenters. The van der Waals surface area contributed by atoms with Crippen molar-refractivity contribution < 1.29 is 14.4 Å². The average Bonchev–Trinajstić information content (AvgIpc) is 2.87. The molecule has 0 aromatic heterocycles. The van der Waals surface area contributed by atoms with Crippen molar-refractivity contribution in [2.75, 3.05) is 6.54 Å². The highest BCUT2D eigenvalue weighted by Gasteiger charge is 2.49. The van der Waals surface area contributed by atoms with E-state index in [1.54, 1.807) is 19.1 Å². The summed E-state index contributed by atoms with van der Waals surface area (Å²) in [5.74, 6) is -1.36. The highest BCUT2D eigenvalue weighted by molar-refractivity contribution is 6.30. The van der Waals surface area contributed by atoms with Crippen molar-refractivity contribution >= 4 is 29.3 Å². The fraction of sp³-hybridized carbons (Fsp3) is 0.421. The van der Waals surface area contributed by atoms with Crippen LogP contribution in [0.2, 0.25) is 5.02 Å². The van der Waals surface area contributed by atoms with Crippen molar-refractivity contribution in [1.29, 1.82) is 0 Å². The third-order valence-electron chi connectivity index (χ3n) is 4.93. The first-order valence-corrected chi connectivity index (χ1v) is 8.91. The summed E-state index contributed by atoms with van der Waals surface area (Å²) in [6, 6.07) is 6.64. The molecule has 6 heteroatoms. The molecule has 1 fully saturated rings. The molecule has 1 aliphatic carbocycles. The van der Waals surface area contributed by atoms with Gasteiger partial charge in [-0.05, 0) is 43.9 Å². The standard InChI is InChI=1S/C19H21ClN2O3/c1-12(17(23)21-11-10-13-6-8-14(20)9-7-13)22-18(24)15-4-2-3-5-16(15)19(22)25/h2-3,6-9,12,15-16H,4-5,10-11H2,1H3,(H,21,23)/t12-,15?,16?/m0/s1. The molecule has 3 amide bonds. The maximum absolute atomic E-state index is 12.5. The van der Waals surface area contributed by atoms with E-state index in [1.807, 2.05) is 24.3 Å². The third-order valence-corrected chi connectivity index (χ3v) is 5.19. The molecule has 1 aromatic carbocycles. The first-order chi connectivity index (χ1) is 12.0. The van der Waals surface area contributed by atoms with E-state index in [-0.39, 0.29) is 29.6 Å². The minimum absolute atomic E-state index is 0.222. The topological polar surface area (TPSA) is 66.5 Å². The number of halogens is 1. The predicted octanol–water partition coefficient (Wildman–Crippen LogP) is 2.34. The molecular weight excluding hydrogens is 340 g/mol. The normalized spacial score (nSPS) is 23.5. The minimum atomic E-state index is -0.782. The fourth-order valence-electron chi connectivity index (χ4n) is 3.45. The van der Waals surface area contributed by atoms with Crippen molar-refractivity contribution in [2.24, 2.45) is 11.8 Å². The lowest BCUT2D eigenvalue weighted by atomic mass is 9.85. The lowest BCUT2D eigenvalue weighted by Crippen LogP contribution is -2.48. The number of benzene rings is 1. The van der Waals surface area contributed by atoms with Gasteiger partial charge < -0.3 is 5.32 Å². The number of nitrogens with zero attached hydrogens (tertiary/aromatic N) is 1. The molecule has 1 N–H and O–H groups in total. The van der Waals surface area contributed by atoms with Crippen LogP contribution in [0.5, 0.6) is 0 Å². The van der Waals surface area contributed by atoms with Crippen molar-refractivity contribution in [2.45, 2.75) is 32.2 Å². The second-order valence-corrected chi connectivity index (χ2v) is 6.98. The van der Waals surface area contributed by atoms with Gasteiger partial charge in [0, 0.05) is 11.6 Å². The summed E-state index contributed by atoms with van der Waals surface area (Å²) in [7, 11) is 0. The first-order valence-electron chi connectivity index (χ1n) is 8.53. The van der Waals surface area contributed by atoms with E-state index in [4.69, 9.17) is 11.6 Å². The van der Waals surface area contributed by atoms with Crippen LogP contribution in [0.4, 0.5) is 0 Å². The van der Waals surface area contributed by atoms with Crippen LogP contribution in [-0.4, -0.2) is 35.2 Å². The Morgan fingerprint density at radius 2 is 1.72 bits per heavy atom. The summed E-state index contributed by atoms with van der Waals surface area (Å²) < 4.78 is 0. The molecule has 0 spiro atoms. The van der Waals surface area contributed by atoms with E-state index in [0.717, 1.165) is 10.5 Å². The average molecular weight is 361 g/mol. The Balaban J connectivity index is 1.56. The second-order valence-electron chi connectivity index (χ2n) is 6.55. The maximum atomic E-state index is 12.5. The number of allylic oxidation sites excluding steroid dienone is 2. The largest absolute Gasteiger partial charge is 0.354 e. The van der Waals surface area contributed by atoms with E-state index in [1.165, 1.54) is 0 Å². The first kappa shape index (κ1) is 17.7. The Labute approximate surface area is 152 Å². The summed E-state index contributed by atoms with van der Waals surface area (Å²) in [4.78, 5) is 38.5. The fourth-order valence-corrected chi connectivity index (χ4v) is 3.58. The second kappa shape index (κ2) is 7.40. The van der Waals surface area contributed by atoms with Crippen molar-refractivity contribution in [3.05, 3.63) is 47.0 Å². The van der Waals surface area contributed by atoms with E-state index in [0.29, 0.717) is 30.8 Å². The molecule has 0 bridgehead atoms. The van der Waals surface area contributed by atoms with Crippen molar-refractivity contribution in [3.8, 4) is 0 Å². The maximum Gasteiger partial charge on any atom is 0.243 e. The number of carbonyl (C=O) groups is 3. The number of imide groups is 1. The summed E-state index contributed by atoms with van der Waals surface area (Å²) in [5, 5.41) is 3.48. The summed E-state index contributed by atoms with van der Waals surface area (Å²) in [5.41, 5.74) is 1.06. The van der Waals surface area contributed by atoms with Gasteiger partial charge in [0.15, 0.2) is 0 Å². The molecule has 5 nitrogen and oxygen atoms in total. The van der Waals surface area contributed by atoms with Gasteiger partial charge >= 0.3 is 0 Å². The number of nitrogens with one attached hydrogen (secondary N) is 1. The molecule has 3 rings (SSSR count). The molecule has 2 aliphatic rings. The summed E-state index contributed by atoms with van der Waals surface area (Å²) >= 11 is 5.85. The van der Waals surface area contributed by atoms with Gasteiger partial charge in [-0.15, -0.1) is 0 Å². The van der Waals surface area contributed by atoms with Crippen LogP contribution in [0.25, 0.3) is 0 Å². The lowest BCUT2D eigenvalue weighted by Gasteiger charge is -2.22. The van der Waals surface area contributed by atoms with Gasteiger partial charge in [0.1, 0.15) is 6.04 Å². The number of hydrogen-bond acceptors (Lipinski definition) is 3. The summed E-state index contributed by atoms with van der Waals surface area (Å²) in [6.45, 7) is 2.05. The van der Waals surface area contributed by atoms with Crippen LogP contribution < -0.4 is 5.32 Å². The predicted molar refractivity (Wildman–Crippen MR) is 94.8 cm³/mol. The molecule has 1 heterocycles. The molecule has 25 heavy (non-hydrogen) atoms. The van der Waals surface area contributed by atoms with Gasteiger partial charge in [-0.25, -0.2) is 0 Å². The Morgan fingerprint density at radius 1 is 1.16 bits per heavy atom. The number of fused-ring (bicyclic) bond motifs is 1. The third kappa shape index (κ3) is 3.61. The Hall–Kier alpha value is -2.14. The number of rotatable bonds is 5. The Bertz CT molecular complexity index is 688. The zero-order valence-electron chi connectivity index (χ0n) is 14.1. The minimum Gasteiger partial charge on any atom is -0.354 e. The van der Waals surface area contributed by atoms with Crippen LogP contribution >= 0.6 is 11.6 Å². The number of hydrogen-bond donors (Lipinski definition) is 1. The van der Waals surface area contributed by atoms with Gasteiger partial charge in [-0.3, -0.25) is 19.3 Å². The Kier molecular flexibility index (Phi) is 5.23. The molecule has 1 aromatic rings. The van der Waals surface area contributed by atoms with Crippen LogP contribution in [0.1, 0.15) is 25.3 Å². The van der Waals surface area contributed by atoms with Crippen LogP contribution in [-0.2, 0) is 20.8 Å². The molecule has 1 aliphatic heterocycles. The van der Waals surface area contributed by atoms with Crippen molar-refractivity contribution in [3.63, 3.8) is 0 Å². The zero-order valence-corrected chi connectivity index (χ0v) is 14.8. The zero-order chi connectivity index (χ0) is 18.0. The molecule has 0 radical (unpaired) electrons. The molecule has 0 saturated carbocycles. The highest BCUT2D eigenvalue weighted by Crippen LogP contribution is 2.36. The van der Waals surface area contributed by atoms with Crippen LogP contribution in [0, 0.1) is 11.8 Å². The molecule has 1 saturated heterocycles. The quantitative estimate of drug-likeness (QED) is 0.647. The van der Waals surface area contributed by atoms with Crippen LogP contribution in [0.15, 0.2) is 36.4 Å². The van der Waals surface area contributed by atoms with Crippen LogP contribution in [0.3, 0.4) is 0 Å². The number of carbonyl (C=O) groups excluding carboxylic acids is 3. The van der Waals surface area contributed by atoms with Gasteiger partial charge in [0.25, 0.3) is 0 Å². The van der Waals surface area contributed by atoms with Gasteiger partial charge in [-0.1, -0.05) is 35.9 Å². The molecule has 3 atom stereocenters. The van der Waals surface area contributed by atoms with E-state index < -0.39 is 6.04 Å². The van der Waals surface area contributed by atoms with E-state index in [2.05, 4.69) is 5.32 Å².